The fraction of sp³-hybridized carbons (Fsp3) is 0.289. The molecule has 2 fully saturated rings. The van der Waals surface area contributed by atoms with Gasteiger partial charge in [-0.1, -0.05) is 80.6 Å². The van der Waals surface area contributed by atoms with Crippen LogP contribution in [0.5, 0.6) is 0 Å². The van der Waals surface area contributed by atoms with Crippen molar-refractivity contribution < 1.29 is 19.0 Å². The predicted octanol–water partition coefficient (Wildman–Crippen LogP) is 8.55. The van der Waals surface area contributed by atoms with E-state index in [9.17, 15) is 14.4 Å². The molecule has 4 aliphatic rings. The van der Waals surface area contributed by atoms with Crippen LogP contribution in [0.25, 0.3) is 21.5 Å². The minimum absolute atomic E-state index is 0.0769. The van der Waals surface area contributed by atoms with Gasteiger partial charge in [0.25, 0.3) is 11.8 Å². The molecule has 8 rings (SSSR count). The van der Waals surface area contributed by atoms with Gasteiger partial charge in [-0.15, -0.1) is 0 Å². The Kier molecular flexibility index (Phi) is 7.58. The maximum Gasteiger partial charge on any atom is 0.333 e. The van der Waals surface area contributed by atoms with Gasteiger partial charge in [-0.25, -0.2) is 4.79 Å². The number of benzene rings is 4. The normalized spacial score (nSPS) is 22.8. The first-order valence-electron chi connectivity index (χ1n) is 18.1. The number of hydrogen-bond acceptors (Lipinski definition) is 4. The van der Waals surface area contributed by atoms with Crippen LogP contribution in [0.15, 0.2) is 120 Å². The fourth-order valence-electron chi connectivity index (χ4n) is 9.37. The Morgan fingerprint density at radius 3 is 1.96 bits per heavy atom. The van der Waals surface area contributed by atoms with Crippen LogP contribution < -0.4 is 4.90 Å². The molecule has 0 N–H and O–H groups in total. The summed E-state index contributed by atoms with van der Waals surface area (Å²) in [6, 6.07) is 25.1. The first kappa shape index (κ1) is 33.6. The van der Waals surface area contributed by atoms with E-state index in [1.54, 1.807) is 0 Å². The molecule has 4 aromatic rings. The van der Waals surface area contributed by atoms with E-state index in [1.165, 1.54) is 58.1 Å². The monoisotopic (exact) mass is 689 g/mol. The number of allylic oxidation sites excluding steroid dienone is 7. The second kappa shape index (κ2) is 11.7. The van der Waals surface area contributed by atoms with Crippen LogP contribution in [0.1, 0.15) is 51.7 Å². The molecule has 7 nitrogen and oxygen atoms in total. The smallest absolute Gasteiger partial charge is 0.333 e. The van der Waals surface area contributed by atoms with Crippen molar-refractivity contribution in [2.24, 2.45) is 5.92 Å². The molecule has 1 unspecified atom stereocenters. The highest BCUT2D eigenvalue weighted by Crippen LogP contribution is 2.51. The van der Waals surface area contributed by atoms with Crippen molar-refractivity contribution in [1.82, 2.24) is 9.80 Å². The summed E-state index contributed by atoms with van der Waals surface area (Å²) >= 11 is 0. The highest BCUT2D eigenvalue weighted by atomic mass is 16.2. The van der Waals surface area contributed by atoms with Crippen LogP contribution in [0, 0.1) is 5.92 Å². The van der Waals surface area contributed by atoms with E-state index in [4.69, 9.17) is 0 Å². The van der Waals surface area contributed by atoms with Gasteiger partial charge in [0.15, 0.2) is 5.71 Å². The van der Waals surface area contributed by atoms with E-state index in [2.05, 4.69) is 148 Å². The van der Waals surface area contributed by atoms with Gasteiger partial charge in [0.05, 0.1) is 5.41 Å². The number of rotatable bonds is 3. The van der Waals surface area contributed by atoms with Crippen LogP contribution in [0.4, 0.5) is 16.2 Å². The first-order valence-corrected chi connectivity index (χ1v) is 18.1. The molecule has 52 heavy (non-hydrogen) atoms. The molecule has 1 saturated carbocycles. The number of nitrogens with zero attached hydrogens (tertiary/aromatic N) is 4. The molecular weight excluding hydrogens is 645 g/mol. The van der Waals surface area contributed by atoms with Crippen molar-refractivity contribution in [3.8, 4) is 0 Å². The second-order valence-corrected chi connectivity index (χ2v) is 15.7. The lowest BCUT2D eigenvalue weighted by atomic mass is 9.78. The Hall–Kier alpha value is -5.56. The summed E-state index contributed by atoms with van der Waals surface area (Å²) in [7, 11) is 7.11. The van der Waals surface area contributed by atoms with Gasteiger partial charge in [0.2, 0.25) is 5.69 Å². The van der Waals surface area contributed by atoms with Gasteiger partial charge >= 0.3 is 6.03 Å². The quantitative estimate of drug-likeness (QED) is 0.123. The van der Waals surface area contributed by atoms with E-state index in [0.717, 1.165) is 33.2 Å². The van der Waals surface area contributed by atoms with Crippen LogP contribution in [0.2, 0.25) is 0 Å². The van der Waals surface area contributed by atoms with E-state index in [1.807, 2.05) is 0 Å². The lowest BCUT2D eigenvalue weighted by Crippen LogP contribution is -2.53. The molecular formula is C45H45N4O3+. The molecule has 1 saturated heterocycles. The summed E-state index contributed by atoms with van der Waals surface area (Å²) in [4.78, 5) is 44.9. The minimum atomic E-state index is -0.619. The Bertz CT molecular complexity index is 2410. The molecule has 1 atom stereocenters. The average molecular weight is 690 g/mol. The Balaban J connectivity index is 1.23. The van der Waals surface area contributed by atoms with E-state index in [-0.39, 0.29) is 22.3 Å². The molecule has 262 valence electrons. The lowest BCUT2D eigenvalue weighted by molar-refractivity contribution is -0.401. The largest absolute Gasteiger partial charge is 0.347 e. The van der Waals surface area contributed by atoms with Crippen molar-refractivity contribution >= 4 is 56.5 Å². The number of urea groups is 1. The van der Waals surface area contributed by atoms with E-state index >= 15 is 0 Å². The van der Waals surface area contributed by atoms with E-state index in [0.29, 0.717) is 12.0 Å². The number of fused-ring (bicyclic) bond motifs is 6. The van der Waals surface area contributed by atoms with Crippen molar-refractivity contribution in [2.75, 3.05) is 33.1 Å². The first-order chi connectivity index (χ1) is 24.7. The third-order valence-electron chi connectivity index (χ3n) is 12.0. The maximum absolute atomic E-state index is 13.9. The van der Waals surface area contributed by atoms with E-state index < -0.39 is 17.8 Å². The van der Waals surface area contributed by atoms with Crippen LogP contribution in [0.3, 0.4) is 0 Å². The lowest BCUT2D eigenvalue weighted by Gasteiger charge is -2.31. The topological polar surface area (TPSA) is 63.9 Å². The SMILES string of the molecule is CN1C(=O)C(=C2/C(=C/C=C3/N(C)c4ccc5ccccc5c4C3(C)C)CCC2/C=C/C2=[N+](C)c3ccc4ccccc4c3C2(C)C)C(=O)N(C)C1=O. The molecule has 0 bridgehead atoms. The van der Waals surface area contributed by atoms with Gasteiger partial charge in [-0.05, 0) is 83.2 Å². The summed E-state index contributed by atoms with van der Waals surface area (Å²) in [6.07, 6.45) is 10.1. The highest BCUT2D eigenvalue weighted by molar-refractivity contribution is 6.29. The van der Waals surface area contributed by atoms with Gasteiger partial charge in [0.1, 0.15) is 12.6 Å². The number of amides is 4. The summed E-state index contributed by atoms with van der Waals surface area (Å²) < 4.78 is 2.26. The van der Waals surface area contributed by atoms with Gasteiger partial charge < -0.3 is 4.90 Å². The molecule has 0 spiro atoms. The van der Waals surface area contributed by atoms with Crippen LogP contribution in [-0.2, 0) is 20.4 Å². The summed E-state index contributed by atoms with van der Waals surface area (Å²) in [5, 5.41) is 4.90. The Morgan fingerprint density at radius 1 is 0.712 bits per heavy atom. The second-order valence-electron chi connectivity index (χ2n) is 15.7. The van der Waals surface area contributed by atoms with Crippen molar-refractivity contribution in [2.45, 2.75) is 51.4 Å². The van der Waals surface area contributed by atoms with Gasteiger partial charge in [-0.2, -0.15) is 4.58 Å². The number of imide groups is 2. The summed E-state index contributed by atoms with van der Waals surface area (Å²) in [6.45, 7) is 9.04. The molecule has 4 aromatic carbocycles. The van der Waals surface area contributed by atoms with Crippen molar-refractivity contribution in [3.05, 3.63) is 131 Å². The average Bonchev–Trinajstić information content (AvgIpc) is 3.68. The maximum atomic E-state index is 13.9. The summed E-state index contributed by atoms with van der Waals surface area (Å²) in [5.74, 6) is -1.30. The Morgan fingerprint density at radius 2 is 1.31 bits per heavy atom. The van der Waals surface area contributed by atoms with Crippen LogP contribution in [-0.4, -0.2) is 66.1 Å². The van der Waals surface area contributed by atoms with Crippen LogP contribution >= 0.6 is 0 Å². The number of hydrogen-bond donors (Lipinski definition) is 0. The number of likely N-dealkylation sites (N-methyl/N-ethyl adjacent to an activating group) is 3. The standard InChI is InChI=1S/C45H45N4O3/c1-44(2)35(46(5)33-23-19-27-13-9-11-15-31(27)39(33)44)25-21-29-17-18-30(37(29)38-41(50)48(7)43(52)49(8)42(38)51)22-26-36-45(3,4)40-32-16-12-10-14-28(32)20-24-34(40)47(36)6/h9-16,19-26,29H,17-18H2,1-8H3/q+1/b25-21+,30-22+,36-26+. The zero-order valence-corrected chi connectivity index (χ0v) is 31.2. The number of anilines is 1. The zero-order valence-electron chi connectivity index (χ0n) is 31.2. The molecule has 3 aliphatic heterocycles. The zero-order chi connectivity index (χ0) is 36.9. The Labute approximate surface area is 305 Å². The minimum Gasteiger partial charge on any atom is -0.347 e. The number of carbonyl (C=O) groups excluding carboxylic acids is 3. The molecule has 1 aliphatic carbocycles. The van der Waals surface area contributed by atoms with Gasteiger partial charge in [0, 0.05) is 61.6 Å². The molecule has 0 radical (unpaired) electrons. The molecule has 0 aromatic heterocycles. The number of carbonyl (C=O) groups is 3. The van der Waals surface area contributed by atoms with Gasteiger partial charge in [-0.3, -0.25) is 19.4 Å². The van der Waals surface area contributed by atoms with Crippen molar-refractivity contribution in [1.29, 1.82) is 0 Å². The van der Waals surface area contributed by atoms with Crippen molar-refractivity contribution in [3.63, 3.8) is 0 Å². The molecule has 7 heteroatoms. The predicted molar refractivity (Wildman–Crippen MR) is 209 cm³/mol. The molecule has 3 heterocycles. The summed E-state index contributed by atoms with van der Waals surface area (Å²) in [5.41, 5.74) is 8.37. The highest BCUT2D eigenvalue weighted by Gasteiger charge is 2.46. The number of barbiturate groups is 1. The third-order valence-corrected chi connectivity index (χ3v) is 12.0. The third kappa shape index (κ3) is 4.71. The fourth-order valence-corrected chi connectivity index (χ4v) is 9.37. The molecule has 4 amide bonds.